The Morgan fingerprint density at radius 1 is 1.37 bits per heavy atom. The van der Waals surface area contributed by atoms with Gasteiger partial charge in [0.2, 0.25) is 0 Å². The first-order valence-corrected chi connectivity index (χ1v) is 8.16. The zero-order valence-corrected chi connectivity index (χ0v) is 12.0. The van der Waals surface area contributed by atoms with Crippen molar-refractivity contribution in [3.8, 4) is 17.6 Å². The zero-order valence-electron chi connectivity index (χ0n) is 10.4. The van der Waals surface area contributed by atoms with E-state index in [-0.39, 0.29) is 18.1 Å². The van der Waals surface area contributed by atoms with Gasteiger partial charge in [-0.25, -0.2) is 12.8 Å². The van der Waals surface area contributed by atoms with Gasteiger partial charge >= 0.3 is 0 Å². The topological polar surface area (TPSA) is 43.4 Å². The second kappa shape index (κ2) is 7.37. The maximum absolute atomic E-state index is 13.3. The average Bonchev–Trinajstić information content (AvgIpc) is 2.27. The van der Waals surface area contributed by atoms with Crippen LogP contribution in [0.15, 0.2) is 18.2 Å². The molecule has 0 amide bonds. The van der Waals surface area contributed by atoms with Crippen LogP contribution >= 0.6 is 11.6 Å². The molecular weight excluding hydrogens is 291 g/mol. The van der Waals surface area contributed by atoms with Gasteiger partial charge in [0.15, 0.2) is 9.84 Å². The highest BCUT2D eigenvalue weighted by Gasteiger charge is 2.04. The average molecular weight is 305 g/mol. The second-order valence-electron chi connectivity index (χ2n) is 3.89. The predicted octanol–water partition coefficient (Wildman–Crippen LogP) is 2.23. The lowest BCUT2D eigenvalue weighted by Gasteiger charge is -2.06. The van der Waals surface area contributed by atoms with Gasteiger partial charge in [-0.3, -0.25) is 0 Å². The SMILES string of the molecule is CS(=O)(=O)CCOc1cc(F)cc(C#CCCCl)c1. The Hall–Kier alpha value is -1.25. The summed E-state index contributed by atoms with van der Waals surface area (Å²) < 4.78 is 40.4. The van der Waals surface area contributed by atoms with Gasteiger partial charge in [-0.15, -0.1) is 11.6 Å². The van der Waals surface area contributed by atoms with E-state index in [4.69, 9.17) is 16.3 Å². The van der Waals surface area contributed by atoms with E-state index < -0.39 is 15.7 Å². The molecule has 0 radical (unpaired) electrons. The monoisotopic (exact) mass is 304 g/mol. The van der Waals surface area contributed by atoms with E-state index >= 15 is 0 Å². The van der Waals surface area contributed by atoms with Crippen LogP contribution in [-0.4, -0.2) is 32.9 Å². The van der Waals surface area contributed by atoms with Crippen molar-refractivity contribution in [3.05, 3.63) is 29.6 Å². The van der Waals surface area contributed by atoms with E-state index in [0.717, 1.165) is 6.26 Å². The van der Waals surface area contributed by atoms with Crippen molar-refractivity contribution in [1.29, 1.82) is 0 Å². The third-order valence-electron chi connectivity index (χ3n) is 2.05. The first kappa shape index (κ1) is 15.8. The molecule has 0 spiro atoms. The fourth-order valence-electron chi connectivity index (χ4n) is 1.24. The molecule has 1 rings (SSSR count). The number of hydrogen-bond donors (Lipinski definition) is 0. The van der Waals surface area contributed by atoms with Gasteiger partial charge in [0.1, 0.15) is 18.2 Å². The summed E-state index contributed by atoms with van der Waals surface area (Å²) in [4.78, 5) is 0. The number of ether oxygens (including phenoxy) is 1. The molecule has 1 aromatic rings. The molecule has 0 N–H and O–H groups in total. The molecule has 0 fully saturated rings. The van der Waals surface area contributed by atoms with Gasteiger partial charge < -0.3 is 4.74 Å². The molecule has 0 aromatic heterocycles. The molecule has 1 aromatic carbocycles. The molecule has 0 heterocycles. The highest BCUT2D eigenvalue weighted by molar-refractivity contribution is 7.90. The lowest BCUT2D eigenvalue weighted by molar-refractivity contribution is 0.339. The van der Waals surface area contributed by atoms with Gasteiger partial charge in [-0.1, -0.05) is 11.8 Å². The Labute approximate surface area is 117 Å². The number of halogens is 2. The number of benzene rings is 1. The number of hydrogen-bond acceptors (Lipinski definition) is 3. The quantitative estimate of drug-likeness (QED) is 0.619. The van der Waals surface area contributed by atoms with Crippen molar-refractivity contribution in [2.45, 2.75) is 6.42 Å². The van der Waals surface area contributed by atoms with Gasteiger partial charge in [0, 0.05) is 30.2 Å². The van der Waals surface area contributed by atoms with E-state index in [0.29, 0.717) is 17.9 Å². The minimum atomic E-state index is -3.09. The zero-order chi connectivity index (χ0) is 14.3. The molecule has 0 saturated carbocycles. The van der Waals surface area contributed by atoms with E-state index in [1.54, 1.807) is 6.07 Å². The van der Waals surface area contributed by atoms with Crippen LogP contribution in [0.25, 0.3) is 0 Å². The highest BCUT2D eigenvalue weighted by atomic mass is 35.5. The van der Waals surface area contributed by atoms with Gasteiger partial charge in [0.05, 0.1) is 5.75 Å². The Morgan fingerprint density at radius 3 is 2.74 bits per heavy atom. The van der Waals surface area contributed by atoms with E-state index in [1.807, 2.05) is 0 Å². The molecule has 0 aliphatic carbocycles. The third-order valence-corrected chi connectivity index (χ3v) is 3.14. The Balaban J connectivity index is 2.72. The summed E-state index contributed by atoms with van der Waals surface area (Å²) in [7, 11) is -3.09. The molecule has 0 aliphatic heterocycles. The van der Waals surface area contributed by atoms with Crippen LogP contribution in [0.5, 0.6) is 5.75 Å². The second-order valence-corrected chi connectivity index (χ2v) is 6.53. The maximum Gasteiger partial charge on any atom is 0.150 e. The summed E-state index contributed by atoms with van der Waals surface area (Å²) >= 11 is 5.48. The van der Waals surface area contributed by atoms with Crippen molar-refractivity contribution in [1.82, 2.24) is 0 Å². The first-order valence-electron chi connectivity index (χ1n) is 5.56. The number of rotatable bonds is 5. The van der Waals surface area contributed by atoms with Crippen LogP contribution in [0.4, 0.5) is 4.39 Å². The molecule has 19 heavy (non-hydrogen) atoms. The molecule has 0 atom stereocenters. The minimum absolute atomic E-state index is 0.0170. The first-order chi connectivity index (χ1) is 8.90. The molecule has 3 nitrogen and oxygen atoms in total. The Morgan fingerprint density at radius 2 is 2.11 bits per heavy atom. The minimum Gasteiger partial charge on any atom is -0.492 e. The largest absolute Gasteiger partial charge is 0.492 e. The van der Waals surface area contributed by atoms with Crippen LogP contribution in [0.1, 0.15) is 12.0 Å². The van der Waals surface area contributed by atoms with Crippen LogP contribution < -0.4 is 4.74 Å². The van der Waals surface area contributed by atoms with Gasteiger partial charge in [-0.05, 0) is 12.1 Å². The molecule has 0 bridgehead atoms. The van der Waals surface area contributed by atoms with Crippen LogP contribution in [0.3, 0.4) is 0 Å². The molecule has 104 valence electrons. The van der Waals surface area contributed by atoms with E-state index in [2.05, 4.69) is 11.8 Å². The predicted molar refractivity (Wildman–Crippen MR) is 73.8 cm³/mol. The summed E-state index contributed by atoms with van der Waals surface area (Å²) in [5.74, 6) is 5.63. The number of alkyl halides is 1. The Kier molecular flexibility index (Phi) is 6.13. The van der Waals surface area contributed by atoms with Crippen molar-refractivity contribution in [2.24, 2.45) is 0 Å². The fourth-order valence-corrected chi connectivity index (χ4v) is 1.72. The summed E-state index contributed by atoms with van der Waals surface area (Å²) in [6.07, 6.45) is 1.63. The van der Waals surface area contributed by atoms with E-state index in [1.165, 1.54) is 12.1 Å². The van der Waals surface area contributed by atoms with Gasteiger partial charge in [-0.2, -0.15) is 0 Å². The summed E-state index contributed by atoms with van der Waals surface area (Å²) in [6, 6.07) is 4.03. The van der Waals surface area contributed by atoms with Crippen molar-refractivity contribution >= 4 is 21.4 Å². The fraction of sp³-hybridized carbons (Fsp3) is 0.385. The lowest BCUT2D eigenvalue weighted by Crippen LogP contribution is -2.12. The molecule has 6 heteroatoms. The lowest BCUT2D eigenvalue weighted by atomic mass is 10.2. The maximum atomic E-state index is 13.3. The number of sulfone groups is 1. The molecule has 0 saturated heterocycles. The smallest absolute Gasteiger partial charge is 0.150 e. The standard InChI is InChI=1S/C13H14ClFO3S/c1-19(16,17)7-6-18-13-9-11(4-2-3-5-14)8-12(15)10-13/h8-10H,3,5-7H2,1H3. The van der Waals surface area contributed by atoms with Crippen LogP contribution in [0.2, 0.25) is 0 Å². The van der Waals surface area contributed by atoms with Crippen molar-refractivity contribution < 1.29 is 17.5 Å². The van der Waals surface area contributed by atoms with Gasteiger partial charge in [0.25, 0.3) is 0 Å². The van der Waals surface area contributed by atoms with Crippen LogP contribution in [-0.2, 0) is 9.84 Å². The van der Waals surface area contributed by atoms with Crippen molar-refractivity contribution in [3.63, 3.8) is 0 Å². The van der Waals surface area contributed by atoms with E-state index in [9.17, 15) is 12.8 Å². The summed E-state index contributed by atoms with van der Waals surface area (Å²) in [5.41, 5.74) is 0.472. The molecular formula is C13H14ClFO3S. The summed E-state index contributed by atoms with van der Waals surface area (Å²) in [5, 5.41) is 0. The molecule has 0 aliphatic rings. The normalized spacial score (nSPS) is 10.7. The Bertz CT molecular complexity index is 588. The molecule has 0 unspecified atom stereocenters. The summed E-state index contributed by atoms with van der Waals surface area (Å²) in [6.45, 7) is -0.0170. The van der Waals surface area contributed by atoms with Crippen LogP contribution in [0, 0.1) is 17.7 Å². The highest BCUT2D eigenvalue weighted by Crippen LogP contribution is 2.16. The van der Waals surface area contributed by atoms with Crippen molar-refractivity contribution in [2.75, 3.05) is 24.5 Å². The third kappa shape index (κ3) is 7.04.